The fraction of sp³-hybridized carbons (Fsp3) is 0.500. The second kappa shape index (κ2) is 7.17. The summed E-state index contributed by atoms with van der Waals surface area (Å²) in [5.41, 5.74) is 1.11. The van der Waals surface area contributed by atoms with E-state index in [2.05, 4.69) is 5.32 Å². The average Bonchev–Trinajstić information content (AvgIpc) is 3.24. The normalized spacial score (nSPS) is 15.0. The minimum absolute atomic E-state index is 0.0183. The molecule has 3 nitrogen and oxygen atoms in total. The summed E-state index contributed by atoms with van der Waals surface area (Å²) in [5, 5.41) is 5.25. The van der Waals surface area contributed by atoms with E-state index in [1.54, 1.807) is 0 Å². The van der Waals surface area contributed by atoms with Crippen molar-refractivity contribution in [2.24, 2.45) is 0 Å². The first kappa shape index (κ1) is 16.2. The molecule has 0 spiro atoms. The molecule has 0 bridgehead atoms. The highest BCUT2D eigenvalue weighted by molar-refractivity contribution is 8.00. The highest BCUT2D eigenvalue weighted by Gasteiger charge is 2.27. The first-order valence-corrected chi connectivity index (χ1v) is 7.69. The third-order valence-corrected chi connectivity index (χ3v) is 3.92. The molecule has 21 heavy (non-hydrogen) atoms. The van der Waals surface area contributed by atoms with Gasteiger partial charge in [-0.05, 0) is 30.5 Å². The number of thioether (sulfide) groups is 1. The van der Waals surface area contributed by atoms with E-state index in [1.165, 1.54) is 24.6 Å². The number of rotatable bonds is 7. The van der Waals surface area contributed by atoms with Gasteiger partial charge < -0.3 is 10.6 Å². The highest BCUT2D eigenvalue weighted by atomic mass is 32.2. The van der Waals surface area contributed by atoms with E-state index in [4.69, 9.17) is 0 Å². The summed E-state index contributed by atoms with van der Waals surface area (Å²) in [7, 11) is 0. The monoisotopic (exact) mass is 318 g/mol. The average molecular weight is 318 g/mol. The van der Waals surface area contributed by atoms with Gasteiger partial charge in [0, 0.05) is 17.5 Å². The maximum absolute atomic E-state index is 12.0. The molecule has 1 saturated carbocycles. The number of hydrogen-bond donors (Lipinski definition) is 2. The molecule has 7 heteroatoms. The number of benzene rings is 1. The lowest BCUT2D eigenvalue weighted by molar-refractivity contribution is -0.136. The van der Waals surface area contributed by atoms with Crippen molar-refractivity contribution in [3.8, 4) is 0 Å². The highest BCUT2D eigenvalue weighted by Crippen LogP contribution is 2.22. The molecule has 2 rings (SSSR count). The minimum atomic E-state index is -4.37. The Balaban J connectivity index is 1.74. The van der Waals surface area contributed by atoms with Gasteiger partial charge in [-0.1, -0.05) is 12.1 Å². The fourth-order valence-corrected chi connectivity index (χ4v) is 2.50. The molecule has 0 atom stereocenters. The van der Waals surface area contributed by atoms with Crippen molar-refractivity contribution in [2.75, 3.05) is 12.3 Å². The lowest BCUT2D eigenvalue weighted by Gasteiger charge is -2.09. The molecular weight excluding hydrogens is 301 g/mol. The molecule has 1 aromatic carbocycles. The fourth-order valence-electron chi connectivity index (χ4n) is 1.69. The Morgan fingerprint density at radius 2 is 2.10 bits per heavy atom. The van der Waals surface area contributed by atoms with Crippen LogP contribution < -0.4 is 10.6 Å². The molecule has 0 heterocycles. The van der Waals surface area contributed by atoms with Crippen LogP contribution in [0.1, 0.15) is 18.4 Å². The van der Waals surface area contributed by atoms with Crippen molar-refractivity contribution < 1.29 is 18.0 Å². The topological polar surface area (TPSA) is 41.1 Å². The molecule has 0 unspecified atom stereocenters. The van der Waals surface area contributed by atoms with Crippen molar-refractivity contribution >= 4 is 17.7 Å². The summed E-state index contributed by atoms with van der Waals surface area (Å²) in [4.78, 5) is 12.2. The number of alkyl halides is 3. The maximum atomic E-state index is 12.0. The van der Waals surface area contributed by atoms with Crippen LogP contribution in [0, 0.1) is 0 Å². The zero-order valence-corrected chi connectivity index (χ0v) is 12.2. The maximum Gasteiger partial charge on any atom is 0.405 e. The van der Waals surface area contributed by atoms with Crippen LogP contribution in [0.25, 0.3) is 0 Å². The van der Waals surface area contributed by atoms with E-state index in [-0.39, 0.29) is 5.75 Å². The molecule has 1 aromatic rings. The summed E-state index contributed by atoms with van der Waals surface area (Å²) in [6.07, 6.45) is -1.93. The molecule has 1 amide bonds. The van der Waals surface area contributed by atoms with Crippen molar-refractivity contribution in [3.63, 3.8) is 0 Å². The zero-order valence-electron chi connectivity index (χ0n) is 11.4. The van der Waals surface area contributed by atoms with Gasteiger partial charge in [-0.2, -0.15) is 13.2 Å². The minimum Gasteiger partial charge on any atom is -0.346 e. The van der Waals surface area contributed by atoms with E-state index in [0.717, 1.165) is 17.0 Å². The van der Waals surface area contributed by atoms with Crippen LogP contribution in [-0.4, -0.2) is 30.4 Å². The molecule has 2 N–H and O–H groups in total. The van der Waals surface area contributed by atoms with Gasteiger partial charge in [-0.3, -0.25) is 4.79 Å². The smallest absolute Gasteiger partial charge is 0.346 e. The molecule has 0 aromatic heterocycles. The Morgan fingerprint density at radius 3 is 2.76 bits per heavy atom. The van der Waals surface area contributed by atoms with Gasteiger partial charge in [0.15, 0.2) is 0 Å². The quantitative estimate of drug-likeness (QED) is 0.760. The lowest BCUT2D eigenvalue weighted by Crippen LogP contribution is -2.34. The first-order chi connectivity index (χ1) is 9.92. The number of hydrogen-bond acceptors (Lipinski definition) is 3. The standard InChI is InChI=1S/C14H17F3N2OS/c15-14(16,17)9-19-13(20)8-21-12-3-1-2-10(6-12)7-18-11-4-5-11/h1-3,6,11,18H,4-5,7-9H2,(H,19,20). The second-order valence-corrected chi connectivity index (χ2v) is 6.03. The van der Waals surface area contributed by atoms with E-state index < -0.39 is 18.6 Å². The van der Waals surface area contributed by atoms with Crippen molar-refractivity contribution in [3.05, 3.63) is 29.8 Å². The molecule has 1 fully saturated rings. The Morgan fingerprint density at radius 1 is 1.33 bits per heavy atom. The van der Waals surface area contributed by atoms with Crippen molar-refractivity contribution in [1.82, 2.24) is 10.6 Å². The van der Waals surface area contributed by atoms with Crippen LogP contribution in [0.4, 0.5) is 13.2 Å². The van der Waals surface area contributed by atoms with Crippen LogP contribution in [0.5, 0.6) is 0 Å². The van der Waals surface area contributed by atoms with E-state index in [9.17, 15) is 18.0 Å². The molecular formula is C14H17F3N2OS. The van der Waals surface area contributed by atoms with Gasteiger partial charge in [0.1, 0.15) is 6.54 Å². The predicted molar refractivity (Wildman–Crippen MR) is 76.1 cm³/mol. The van der Waals surface area contributed by atoms with Crippen LogP contribution in [-0.2, 0) is 11.3 Å². The summed E-state index contributed by atoms with van der Waals surface area (Å²) >= 11 is 1.24. The summed E-state index contributed by atoms with van der Waals surface area (Å²) in [5.74, 6) is -0.630. The second-order valence-electron chi connectivity index (χ2n) is 4.98. The Hall–Kier alpha value is -1.21. The van der Waals surface area contributed by atoms with Gasteiger partial charge in [0.05, 0.1) is 5.75 Å². The largest absolute Gasteiger partial charge is 0.405 e. The van der Waals surface area contributed by atoms with E-state index in [0.29, 0.717) is 6.04 Å². The number of nitrogens with one attached hydrogen (secondary N) is 2. The van der Waals surface area contributed by atoms with Crippen LogP contribution in [0.3, 0.4) is 0 Å². The Bertz CT molecular complexity index is 489. The molecule has 0 aliphatic heterocycles. The van der Waals surface area contributed by atoms with Gasteiger partial charge in [-0.15, -0.1) is 11.8 Å². The third-order valence-electron chi connectivity index (χ3n) is 2.93. The van der Waals surface area contributed by atoms with Gasteiger partial charge in [0.25, 0.3) is 0 Å². The van der Waals surface area contributed by atoms with Crippen LogP contribution in [0.15, 0.2) is 29.2 Å². The van der Waals surface area contributed by atoms with Crippen LogP contribution >= 0.6 is 11.8 Å². The number of carbonyl (C=O) groups is 1. The molecule has 1 aliphatic rings. The molecule has 116 valence electrons. The van der Waals surface area contributed by atoms with Crippen LogP contribution in [0.2, 0.25) is 0 Å². The Kier molecular flexibility index (Phi) is 5.52. The van der Waals surface area contributed by atoms with Gasteiger partial charge >= 0.3 is 6.18 Å². The molecule has 0 saturated heterocycles. The van der Waals surface area contributed by atoms with Gasteiger partial charge in [-0.25, -0.2) is 0 Å². The summed E-state index contributed by atoms with van der Waals surface area (Å²) in [6, 6.07) is 8.30. The number of halogens is 3. The summed E-state index contributed by atoms with van der Waals surface area (Å²) in [6.45, 7) is -0.503. The third kappa shape index (κ3) is 6.86. The molecule has 1 aliphatic carbocycles. The Labute approximate surface area is 125 Å². The van der Waals surface area contributed by atoms with Gasteiger partial charge in [0.2, 0.25) is 5.91 Å². The van der Waals surface area contributed by atoms with Crippen molar-refractivity contribution in [2.45, 2.75) is 36.5 Å². The SMILES string of the molecule is O=C(CSc1cccc(CNC2CC2)c1)NCC(F)(F)F. The van der Waals surface area contributed by atoms with E-state index >= 15 is 0 Å². The lowest BCUT2D eigenvalue weighted by atomic mass is 10.2. The number of amides is 1. The van der Waals surface area contributed by atoms with E-state index in [1.807, 2.05) is 29.6 Å². The molecule has 0 radical (unpaired) electrons. The summed E-state index contributed by atoms with van der Waals surface area (Å²) < 4.78 is 35.9. The van der Waals surface area contributed by atoms with Crippen molar-refractivity contribution in [1.29, 1.82) is 0 Å². The first-order valence-electron chi connectivity index (χ1n) is 6.71. The predicted octanol–water partition coefficient (Wildman–Crippen LogP) is 2.71. The number of carbonyl (C=O) groups excluding carboxylic acids is 1. The zero-order chi connectivity index (χ0) is 15.3.